The molecule has 4 rings (SSSR count). The molecule has 2 aliphatic carbocycles. The first-order chi connectivity index (χ1) is 13.2. The number of furan rings is 1. The van der Waals surface area contributed by atoms with Gasteiger partial charge in [0.25, 0.3) is 5.56 Å². The molecule has 0 saturated heterocycles. The second-order valence-corrected chi connectivity index (χ2v) is 7.76. The quantitative estimate of drug-likeness (QED) is 0.749. The van der Waals surface area contributed by atoms with Gasteiger partial charge in [-0.2, -0.15) is 13.2 Å². The lowest BCUT2D eigenvalue weighted by Gasteiger charge is -2.22. The average molecular weight is 394 g/mol. The Morgan fingerprint density at radius 1 is 1.25 bits per heavy atom. The smallest absolute Gasteiger partial charge is 0.417 e. The van der Waals surface area contributed by atoms with Crippen molar-refractivity contribution in [2.75, 3.05) is 0 Å². The van der Waals surface area contributed by atoms with Gasteiger partial charge in [-0.3, -0.25) is 9.59 Å². The Morgan fingerprint density at radius 2 is 1.96 bits per heavy atom. The van der Waals surface area contributed by atoms with E-state index in [9.17, 15) is 22.8 Å². The second-order valence-electron chi connectivity index (χ2n) is 7.76. The van der Waals surface area contributed by atoms with Gasteiger partial charge < -0.3 is 13.9 Å². The lowest BCUT2D eigenvalue weighted by molar-refractivity contribution is -0.139. The SMILES string of the molecule is CC1CC1c1ccc(CN(C(=O)Cn2cc(C(F)(F)F)ccc2=O)C2CC2)o1. The molecule has 8 heteroatoms. The molecule has 2 heterocycles. The summed E-state index contributed by atoms with van der Waals surface area (Å²) in [6.45, 7) is 1.99. The van der Waals surface area contributed by atoms with Gasteiger partial charge in [0, 0.05) is 24.2 Å². The molecular formula is C20H21F3N2O3. The minimum absolute atomic E-state index is 0.0439. The minimum Gasteiger partial charge on any atom is -0.464 e. The summed E-state index contributed by atoms with van der Waals surface area (Å²) in [7, 11) is 0. The molecule has 1 amide bonds. The van der Waals surface area contributed by atoms with Gasteiger partial charge in [0.05, 0.1) is 12.1 Å². The van der Waals surface area contributed by atoms with E-state index >= 15 is 0 Å². The summed E-state index contributed by atoms with van der Waals surface area (Å²) in [5, 5.41) is 0. The molecule has 2 saturated carbocycles. The molecular weight excluding hydrogens is 373 g/mol. The number of nitrogens with zero attached hydrogens (tertiary/aromatic N) is 2. The van der Waals surface area contributed by atoms with Crippen LogP contribution >= 0.6 is 0 Å². The second kappa shape index (κ2) is 6.83. The van der Waals surface area contributed by atoms with Crippen molar-refractivity contribution < 1.29 is 22.4 Å². The summed E-state index contributed by atoms with van der Waals surface area (Å²) in [6.07, 6.45) is -1.09. The molecule has 5 nitrogen and oxygen atoms in total. The number of hydrogen-bond acceptors (Lipinski definition) is 3. The van der Waals surface area contributed by atoms with Crippen LogP contribution in [0.15, 0.2) is 39.7 Å². The lowest BCUT2D eigenvalue weighted by Crippen LogP contribution is -2.37. The molecule has 2 atom stereocenters. The topological polar surface area (TPSA) is 55.5 Å². The Labute approximate surface area is 159 Å². The van der Waals surface area contributed by atoms with Gasteiger partial charge in [-0.1, -0.05) is 6.92 Å². The number of amides is 1. The van der Waals surface area contributed by atoms with Crippen molar-refractivity contribution in [1.29, 1.82) is 0 Å². The van der Waals surface area contributed by atoms with E-state index in [1.54, 1.807) is 4.90 Å². The molecule has 2 fully saturated rings. The predicted octanol–water partition coefficient (Wildman–Crippen LogP) is 3.77. The zero-order chi connectivity index (χ0) is 20.1. The van der Waals surface area contributed by atoms with Gasteiger partial charge in [0.2, 0.25) is 5.91 Å². The summed E-state index contributed by atoms with van der Waals surface area (Å²) >= 11 is 0. The lowest BCUT2D eigenvalue weighted by atomic mass is 10.2. The van der Waals surface area contributed by atoms with Gasteiger partial charge in [0.1, 0.15) is 18.1 Å². The Morgan fingerprint density at radius 3 is 2.57 bits per heavy atom. The molecule has 28 heavy (non-hydrogen) atoms. The first-order valence-corrected chi connectivity index (χ1v) is 9.38. The van der Waals surface area contributed by atoms with Crippen LogP contribution in [0, 0.1) is 5.92 Å². The summed E-state index contributed by atoms with van der Waals surface area (Å²) in [5.41, 5.74) is -1.59. The van der Waals surface area contributed by atoms with Crippen LogP contribution in [0.3, 0.4) is 0 Å². The van der Waals surface area contributed by atoms with Gasteiger partial charge in [-0.15, -0.1) is 0 Å². The van der Waals surface area contributed by atoms with Gasteiger partial charge >= 0.3 is 6.18 Å². The molecule has 0 bridgehead atoms. The normalized spacial score (nSPS) is 21.6. The van der Waals surface area contributed by atoms with Gasteiger partial charge in [0.15, 0.2) is 0 Å². The third-order valence-corrected chi connectivity index (χ3v) is 5.41. The summed E-state index contributed by atoms with van der Waals surface area (Å²) in [5.74, 6) is 2.22. The summed E-state index contributed by atoms with van der Waals surface area (Å²) in [6, 6.07) is 5.39. The molecule has 0 radical (unpaired) electrons. The van der Waals surface area contributed by atoms with Crippen molar-refractivity contribution in [2.24, 2.45) is 5.92 Å². The fourth-order valence-electron chi connectivity index (χ4n) is 3.43. The van der Waals surface area contributed by atoms with E-state index in [4.69, 9.17) is 4.42 Å². The van der Waals surface area contributed by atoms with Crippen LogP contribution in [0.2, 0.25) is 0 Å². The average Bonchev–Trinajstić information content (AvgIpc) is 3.54. The van der Waals surface area contributed by atoms with E-state index in [0.717, 1.165) is 41.7 Å². The number of carbonyl (C=O) groups excluding carboxylic acids is 1. The predicted molar refractivity (Wildman–Crippen MR) is 94.5 cm³/mol. The monoisotopic (exact) mass is 394 g/mol. The van der Waals surface area contributed by atoms with E-state index in [2.05, 4.69) is 6.92 Å². The van der Waals surface area contributed by atoms with Crippen molar-refractivity contribution in [1.82, 2.24) is 9.47 Å². The highest BCUT2D eigenvalue weighted by atomic mass is 19.4. The van der Waals surface area contributed by atoms with Crippen molar-refractivity contribution in [3.8, 4) is 0 Å². The number of rotatable bonds is 6. The van der Waals surface area contributed by atoms with Crippen LogP contribution in [0.5, 0.6) is 0 Å². The van der Waals surface area contributed by atoms with Crippen LogP contribution in [0.25, 0.3) is 0 Å². The minimum atomic E-state index is -4.57. The zero-order valence-electron chi connectivity index (χ0n) is 15.4. The highest BCUT2D eigenvalue weighted by Crippen LogP contribution is 2.47. The highest BCUT2D eigenvalue weighted by molar-refractivity contribution is 5.76. The first kappa shape index (κ1) is 18.8. The van der Waals surface area contributed by atoms with Crippen molar-refractivity contribution >= 4 is 5.91 Å². The summed E-state index contributed by atoms with van der Waals surface area (Å²) in [4.78, 5) is 26.3. The maximum atomic E-state index is 12.9. The van der Waals surface area contributed by atoms with Gasteiger partial charge in [-0.05, 0) is 43.4 Å². The number of alkyl halides is 3. The number of carbonyl (C=O) groups is 1. The fourth-order valence-corrected chi connectivity index (χ4v) is 3.43. The Hall–Kier alpha value is -2.51. The molecule has 0 aromatic carbocycles. The van der Waals surface area contributed by atoms with E-state index in [0.29, 0.717) is 23.8 Å². The van der Waals surface area contributed by atoms with E-state index in [1.165, 1.54) is 0 Å². The van der Waals surface area contributed by atoms with Crippen molar-refractivity contribution in [3.63, 3.8) is 0 Å². The molecule has 0 aliphatic heterocycles. The third-order valence-electron chi connectivity index (χ3n) is 5.41. The molecule has 2 aromatic rings. The van der Waals surface area contributed by atoms with Crippen LogP contribution < -0.4 is 5.56 Å². The van der Waals surface area contributed by atoms with E-state index in [-0.39, 0.29) is 18.5 Å². The molecule has 2 unspecified atom stereocenters. The van der Waals surface area contributed by atoms with Gasteiger partial charge in [-0.25, -0.2) is 0 Å². The number of halogens is 3. The standard InChI is InChI=1S/C20H21F3N2O3/c1-12-8-16(12)17-6-5-15(28-17)10-25(14-3-4-14)19(27)11-24-9-13(20(21,22)23)2-7-18(24)26/h2,5-7,9,12,14,16H,3-4,8,10-11H2,1H3. The molecule has 0 spiro atoms. The third kappa shape index (κ3) is 4.00. The number of pyridine rings is 1. The number of hydrogen-bond donors (Lipinski definition) is 0. The highest BCUT2D eigenvalue weighted by Gasteiger charge is 2.38. The molecule has 2 aliphatic rings. The van der Waals surface area contributed by atoms with Crippen molar-refractivity contribution in [2.45, 2.75) is 57.4 Å². The number of aromatic nitrogens is 1. The van der Waals surface area contributed by atoms with Crippen LogP contribution in [0.4, 0.5) is 13.2 Å². The Bertz CT molecular complexity index is 943. The molecule has 150 valence electrons. The maximum Gasteiger partial charge on any atom is 0.417 e. The van der Waals surface area contributed by atoms with Crippen LogP contribution in [-0.4, -0.2) is 21.4 Å². The summed E-state index contributed by atoms with van der Waals surface area (Å²) < 4.78 is 45.4. The Balaban J connectivity index is 1.49. The first-order valence-electron chi connectivity index (χ1n) is 9.38. The van der Waals surface area contributed by atoms with E-state index < -0.39 is 23.8 Å². The fraction of sp³-hybridized carbons (Fsp3) is 0.500. The van der Waals surface area contributed by atoms with Crippen molar-refractivity contribution in [3.05, 3.63) is 57.9 Å². The maximum absolute atomic E-state index is 12.9. The molecule has 2 aromatic heterocycles. The van der Waals surface area contributed by atoms with Crippen LogP contribution in [0.1, 0.15) is 49.2 Å². The molecule has 0 N–H and O–H groups in total. The Kier molecular flexibility index (Phi) is 4.59. The zero-order valence-corrected chi connectivity index (χ0v) is 15.4. The largest absolute Gasteiger partial charge is 0.464 e. The van der Waals surface area contributed by atoms with E-state index in [1.807, 2.05) is 12.1 Å². The van der Waals surface area contributed by atoms with Crippen LogP contribution in [-0.2, 0) is 24.1 Å².